The fraction of sp³-hybridized carbons (Fsp3) is 0.429. The van der Waals surface area contributed by atoms with Crippen LogP contribution in [-0.4, -0.2) is 17.9 Å². The van der Waals surface area contributed by atoms with Crippen molar-refractivity contribution in [2.45, 2.75) is 38.6 Å². The second-order valence-electron chi connectivity index (χ2n) is 5.04. The Morgan fingerprint density at radius 3 is 2.74 bits per heavy atom. The second-order valence-corrected chi connectivity index (χ2v) is 5.04. The molecule has 2 amide bonds. The number of halogens is 1. The van der Waals surface area contributed by atoms with Crippen LogP contribution < -0.4 is 10.6 Å². The van der Waals surface area contributed by atoms with Gasteiger partial charge < -0.3 is 5.32 Å². The summed E-state index contributed by atoms with van der Waals surface area (Å²) >= 11 is 0. The second kappa shape index (κ2) is 5.38. The lowest BCUT2D eigenvalue weighted by atomic mass is 10.0. The number of benzene rings is 1. The topological polar surface area (TPSA) is 58.2 Å². The molecule has 1 fully saturated rings. The smallest absolute Gasteiger partial charge is 0.249 e. The third-order valence-corrected chi connectivity index (χ3v) is 3.20. The van der Waals surface area contributed by atoms with Gasteiger partial charge in [-0.05, 0) is 36.1 Å². The molecule has 1 heterocycles. The number of hydrogen-bond acceptors (Lipinski definition) is 3. The molecule has 0 radical (unpaired) electrons. The zero-order valence-electron chi connectivity index (χ0n) is 11.0. The first-order valence-electron chi connectivity index (χ1n) is 6.37. The molecule has 102 valence electrons. The highest BCUT2D eigenvalue weighted by Gasteiger charge is 2.26. The molecule has 1 aromatic carbocycles. The van der Waals surface area contributed by atoms with Gasteiger partial charge in [0.2, 0.25) is 11.8 Å². The summed E-state index contributed by atoms with van der Waals surface area (Å²) in [4.78, 5) is 22.7. The van der Waals surface area contributed by atoms with E-state index in [4.69, 9.17) is 0 Å². The molecular formula is C14H17FN2O2. The van der Waals surface area contributed by atoms with E-state index in [1.165, 1.54) is 6.07 Å². The van der Waals surface area contributed by atoms with Gasteiger partial charge in [0, 0.05) is 12.1 Å². The van der Waals surface area contributed by atoms with E-state index in [0.717, 1.165) is 0 Å². The number of amides is 2. The van der Waals surface area contributed by atoms with Crippen LogP contribution in [0.5, 0.6) is 0 Å². The van der Waals surface area contributed by atoms with Gasteiger partial charge in [0.25, 0.3) is 0 Å². The summed E-state index contributed by atoms with van der Waals surface area (Å²) in [7, 11) is 0. The van der Waals surface area contributed by atoms with Crippen molar-refractivity contribution in [1.82, 2.24) is 5.32 Å². The van der Waals surface area contributed by atoms with Gasteiger partial charge in [0.1, 0.15) is 11.9 Å². The fourth-order valence-corrected chi connectivity index (χ4v) is 2.11. The summed E-state index contributed by atoms with van der Waals surface area (Å²) in [6.45, 7) is 3.82. The summed E-state index contributed by atoms with van der Waals surface area (Å²) in [5, 5.41) is 5.33. The standard InChI is InChI=1S/C14H17FN2O2/c1-8(2)10-7-9(3-4-11(10)15)16-12-5-6-13(18)17-14(12)19/h3-4,7-8,12,16H,5-6H2,1-2H3,(H,17,18,19)/t12-/m1/s1. The Kier molecular flexibility index (Phi) is 3.83. The van der Waals surface area contributed by atoms with Crippen LogP contribution in [0.2, 0.25) is 0 Å². The van der Waals surface area contributed by atoms with Gasteiger partial charge in [-0.1, -0.05) is 13.8 Å². The van der Waals surface area contributed by atoms with E-state index >= 15 is 0 Å². The molecule has 0 unspecified atom stereocenters. The molecule has 0 saturated carbocycles. The van der Waals surface area contributed by atoms with Crippen molar-refractivity contribution in [3.8, 4) is 0 Å². The number of anilines is 1. The molecule has 4 nitrogen and oxygen atoms in total. The maximum atomic E-state index is 13.6. The molecule has 1 atom stereocenters. The van der Waals surface area contributed by atoms with Crippen LogP contribution in [0, 0.1) is 5.82 Å². The van der Waals surface area contributed by atoms with Crippen LogP contribution in [-0.2, 0) is 9.59 Å². The van der Waals surface area contributed by atoms with Crippen LogP contribution in [0.25, 0.3) is 0 Å². The van der Waals surface area contributed by atoms with Gasteiger partial charge in [0.05, 0.1) is 0 Å². The van der Waals surface area contributed by atoms with E-state index < -0.39 is 6.04 Å². The first-order valence-corrected chi connectivity index (χ1v) is 6.37. The number of rotatable bonds is 3. The molecule has 2 N–H and O–H groups in total. The van der Waals surface area contributed by atoms with E-state index in [2.05, 4.69) is 10.6 Å². The van der Waals surface area contributed by atoms with Crippen molar-refractivity contribution in [2.24, 2.45) is 0 Å². The number of hydrogen-bond donors (Lipinski definition) is 2. The predicted octanol–water partition coefficient (Wildman–Crippen LogP) is 2.17. The summed E-state index contributed by atoms with van der Waals surface area (Å²) in [5.74, 6) is -0.746. The molecule has 0 aromatic heterocycles. The molecular weight excluding hydrogens is 247 g/mol. The lowest BCUT2D eigenvalue weighted by Gasteiger charge is -2.23. The van der Waals surface area contributed by atoms with Gasteiger partial charge in [-0.15, -0.1) is 0 Å². The molecule has 0 bridgehead atoms. The maximum Gasteiger partial charge on any atom is 0.249 e. The molecule has 5 heteroatoms. The van der Waals surface area contributed by atoms with Crippen LogP contribution in [0.1, 0.15) is 38.2 Å². The minimum Gasteiger partial charge on any atom is -0.374 e. The monoisotopic (exact) mass is 264 g/mol. The lowest BCUT2D eigenvalue weighted by Crippen LogP contribution is -2.47. The van der Waals surface area contributed by atoms with Crippen molar-refractivity contribution in [2.75, 3.05) is 5.32 Å². The van der Waals surface area contributed by atoms with E-state index in [0.29, 0.717) is 24.1 Å². The molecule has 0 spiro atoms. The first-order chi connectivity index (χ1) is 8.97. The Labute approximate surface area is 111 Å². The number of nitrogens with one attached hydrogen (secondary N) is 2. The van der Waals surface area contributed by atoms with Gasteiger partial charge in [0.15, 0.2) is 0 Å². The van der Waals surface area contributed by atoms with E-state index in [-0.39, 0.29) is 23.5 Å². The average molecular weight is 264 g/mol. The maximum absolute atomic E-state index is 13.6. The lowest BCUT2D eigenvalue weighted by molar-refractivity contribution is -0.133. The average Bonchev–Trinajstić information content (AvgIpc) is 2.34. The van der Waals surface area contributed by atoms with Gasteiger partial charge >= 0.3 is 0 Å². The Morgan fingerprint density at radius 2 is 2.11 bits per heavy atom. The van der Waals surface area contributed by atoms with Crippen molar-refractivity contribution in [1.29, 1.82) is 0 Å². The minimum atomic E-state index is -0.442. The van der Waals surface area contributed by atoms with Crippen LogP contribution in [0.3, 0.4) is 0 Å². The van der Waals surface area contributed by atoms with E-state index in [1.807, 2.05) is 13.8 Å². The van der Waals surface area contributed by atoms with Crippen molar-refractivity contribution >= 4 is 17.5 Å². The van der Waals surface area contributed by atoms with Crippen LogP contribution in [0.15, 0.2) is 18.2 Å². The minimum absolute atomic E-state index is 0.0727. The van der Waals surface area contributed by atoms with Crippen LogP contribution in [0.4, 0.5) is 10.1 Å². The third-order valence-electron chi connectivity index (χ3n) is 3.20. The molecule has 0 aliphatic carbocycles. The summed E-state index contributed by atoms with van der Waals surface area (Å²) in [6.07, 6.45) is 0.778. The number of carbonyl (C=O) groups is 2. The van der Waals surface area contributed by atoms with Crippen molar-refractivity contribution in [3.05, 3.63) is 29.6 Å². The van der Waals surface area contributed by atoms with Crippen molar-refractivity contribution in [3.63, 3.8) is 0 Å². The molecule has 2 rings (SSSR count). The highest BCUT2D eigenvalue weighted by molar-refractivity contribution is 6.01. The normalized spacial score (nSPS) is 19.5. The van der Waals surface area contributed by atoms with Gasteiger partial charge in [-0.2, -0.15) is 0 Å². The third kappa shape index (κ3) is 3.10. The molecule has 19 heavy (non-hydrogen) atoms. The highest BCUT2D eigenvalue weighted by atomic mass is 19.1. The molecule has 1 aromatic rings. The number of carbonyl (C=O) groups excluding carboxylic acids is 2. The fourth-order valence-electron chi connectivity index (χ4n) is 2.11. The Balaban J connectivity index is 2.13. The Morgan fingerprint density at radius 1 is 1.37 bits per heavy atom. The van der Waals surface area contributed by atoms with Crippen LogP contribution >= 0.6 is 0 Å². The summed E-state index contributed by atoms with van der Waals surface area (Å²) in [5.41, 5.74) is 1.30. The first kappa shape index (κ1) is 13.5. The van der Waals surface area contributed by atoms with E-state index in [9.17, 15) is 14.0 Å². The SMILES string of the molecule is CC(C)c1cc(N[C@@H]2CCC(=O)NC2=O)ccc1F. The molecule has 1 aliphatic heterocycles. The summed E-state index contributed by atoms with van der Waals surface area (Å²) in [6, 6.07) is 4.27. The predicted molar refractivity (Wildman–Crippen MR) is 70.3 cm³/mol. The van der Waals surface area contributed by atoms with Crippen molar-refractivity contribution < 1.29 is 14.0 Å². The largest absolute Gasteiger partial charge is 0.374 e. The molecule has 1 saturated heterocycles. The number of piperidine rings is 1. The summed E-state index contributed by atoms with van der Waals surface area (Å²) < 4.78 is 13.6. The zero-order valence-corrected chi connectivity index (χ0v) is 11.0. The Hall–Kier alpha value is -1.91. The number of imide groups is 1. The Bertz CT molecular complexity index is 514. The van der Waals surface area contributed by atoms with Gasteiger partial charge in [-0.3, -0.25) is 14.9 Å². The quantitative estimate of drug-likeness (QED) is 0.823. The highest BCUT2D eigenvalue weighted by Crippen LogP contribution is 2.23. The van der Waals surface area contributed by atoms with Gasteiger partial charge in [-0.25, -0.2) is 4.39 Å². The molecule has 1 aliphatic rings. The zero-order chi connectivity index (χ0) is 14.0. The van der Waals surface area contributed by atoms with E-state index in [1.54, 1.807) is 12.1 Å².